The summed E-state index contributed by atoms with van der Waals surface area (Å²) in [5.74, 6) is 0. The maximum atomic E-state index is 11.0. The molecule has 0 radical (unpaired) electrons. The van der Waals surface area contributed by atoms with E-state index in [1.54, 1.807) is 24.5 Å². The highest BCUT2D eigenvalue weighted by atomic mass is 16.6. The molecule has 1 heterocycles. The lowest BCUT2D eigenvalue weighted by atomic mass is 10.1. The number of hydrogen-bond donors (Lipinski definition) is 1. The van der Waals surface area contributed by atoms with Crippen molar-refractivity contribution >= 4 is 22.1 Å². The first-order valence-corrected chi connectivity index (χ1v) is 6.49. The van der Waals surface area contributed by atoms with Crippen LogP contribution in [0.1, 0.15) is 6.42 Å². The Morgan fingerprint density at radius 3 is 2.80 bits per heavy atom. The Kier molecular flexibility index (Phi) is 4.47. The van der Waals surface area contributed by atoms with Gasteiger partial charge < -0.3 is 10.2 Å². The van der Waals surface area contributed by atoms with Crippen LogP contribution in [0.5, 0.6) is 0 Å². The van der Waals surface area contributed by atoms with E-state index in [9.17, 15) is 10.1 Å². The van der Waals surface area contributed by atoms with Crippen molar-refractivity contribution in [3.8, 4) is 0 Å². The molecular formula is C14H18N4O2. The van der Waals surface area contributed by atoms with Crippen LogP contribution in [-0.4, -0.2) is 42.0 Å². The summed E-state index contributed by atoms with van der Waals surface area (Å²) in [7, 11) is 4.07. The van der Waals surface area contributed by atoms with Gasteiger partial charge in [0.15, 0.2) is 0 Å². The molecule has 0 aliphatic heterocycles. The number of nitrogens with one attached hydrogen (secondary N) is 1. The van der Waals surface area contributed by atoms with Gasteiger partial charge in [0.1, 0.15) is 0 Å². The molecule has 20 heavy (non-hydrogen) atoms. The molecule has 0 fully saturated rings. The average Bonchev–Trinajstić information content (AvgIpc) is 2.43. The van der Waals surface area contributed by atoms with Crippen molar-refractivity contribution in [2.45, 2.75) is 6.42 Å². The zero-order chi connectivity index (χ0) is 14.5. The molecule has 0 bridgehead atoms. The summed E-state index contributed by atoms with van der Waals surface area (Å²) < 4.78 is 0. The van der Waals surface area contributed by atoms with Gasteiger partial charge in [0.2, 0.25) is 0 Å². The van der Waals surface area contributed by atoms with E-state index in [4.69, 9.17) is 0 Å². The summed E-state index contributed by atoms with van der Waals surface area (Å²) in [6.45, 7) is 1.82. The Bertz CT molecular complexity index is 613. The minimum atomic E-state index is -0.363. The lowest BCUT2D eigenvalue weighted by Gasteiger charge is -2.12. The van der Waals surface area contributed by atoms with Crippen LogP contribution >= 0.6 is 0 Å². The fourth-order valence-electron chi connectivity index (χ4n) is 2.11. The molecule has 0 amide bonds. The summed E-state index contributed by atoms with van der Waals surface area (Å²) in [5.41, 5.74) is 0.999. The Morgan fingerprint density at radius 1 is 1.30 bits per heavy atom. The van der Waals surface area contributed by atoms with Gasteiger partial charge in [-0.05, 0) is 39.2 Å². The topological polar surface area (TPSA) is 71.3 Å². The zero-order valence-electron chi connectivity index (χ0n) is 11.7. The fraction of sp³-hybridized carbons (Fsp3) is 0.357. The number of anilines is 1. The van der Waals surface area contributed by atoms with Gasteiger partial charge in [-0.3, -0.25) is 15.1 Å². The van der Waals surface area contributed by atoms with Crippen molar-refractivity contribution in [3.05, 3.63) is 40.7 Å². The predicted octanol–water partition coefficient (Wildman–Crippen LogP) is 2.51. The first kappa shape index (κ1) is 14.2. The molecule has 2 rings (SSSR count). The van der Waals surface area contributed by atoms with Gasteiger partial charge in [-0.2, -0.15) is 0 Å². The largest absolute Gasteiger partial charge is 0.384 e. The van der Waals surface area contributed by atoms with Gasteiger partial charge in [-0.25, -0.2) is 0 Å². The van der Waals surface area contributed by atoms with E-state index in [0.29, 0.717) is 5.39 Å². The second kappa shape index (κ2) is 6.29. The van der Waals surface area contributed by atoms with E-state index in [2.05, 4.69) is 15.2 Å². The van der Waals surface area contributed by atoms with Crippen molar-refractivity contribution in [1.82, 2.24) is 9.88 Å². The third-order valence-electron chi connectivity index (χ3n) is 3.09. The van der Waals surface area contributed by atoms with Gasteiger partial charge >= 0.3 is 0 Å². The summed E-state index contributed by atoms with van der Waals surface area (Å²) in [6.07, 6.45) is 4.24. The van der Waals surface area contributed by atoms with Crippen LogP contribution in [0.2, 0.25) is 0 Å². The molecule has 0 unspecified atom stereocenters. The van der Waals surface area contributed by atoms with Crippen LogP contribution in [-0.2, 0) is 0 Å². The van der Waals surface area contributed by atoms with Crippen LogP contribution in [0.4, 0.5) is 11.4 Å². The van der Waals surface area contributed by atoms with Crippen LogP contribution < -0.4 is 5.32 Å². The molecule has 0 aliphatic carbocycles. The lowest BCUT2D eigenvalue weighted by Crippen LogP contribution is -2.16. The van der Waals surface area contributed by atoms with Gasteiger partial charge in [-0.15, -0.1) is 0 Å². The fourth-order valence-corrected chi connectivity index (χ4v) is 2.11. The van der Waals surface area contributed by atoms with Gasteiger partial charge in [-0.1, -0.05) is 0 Å². The van der Waals surface area contributed by atoms with Crippen molar-refractivity contribution in [2.75, 3.05) is 32.5 Å². The SMILES string of the molecule is CN(C)CCCNc1ccc([N+](=O)[O-])c2ccncc12. The molecule has 1 aromatic carbocycles. The normalized spacial score (nSPS) is 10.9. The van der Waals surface area contributed by atoms with E-state index >= 15 is 0 Å². The van der Waals surface area contributed by atoms with E-state index in [1.807, 2.05) is 14.1 Å². The highest BCUT2D eigenvalue weighted by Crippen LogP contribution is 2.30. The molecule has 1 aromatic heterocycles. The predicted molar refractivity (Wildman–Crippen MR) is 80.1 cm³/mol. The Hall–Kier alpha value is -2.21. The molecule has 6 heteroatoms. The summed E-state index contributed by atoms with van der Waals surface area (Å²) >= 11 is 0. The second-order valence-electron chi connectivity index (χ2n) is 4.89. The Morgan fingerprint density at radius 2 is 2.10 bits per heavy atom. The summed E-state index contributed by atoms with van der Waals surface area (Å²) in [4.78, 5) is 16.8. The van der Waals surface area contributed by atoms with Gasteiger partial charge in [0, 0.05) is 36.1 Å². The number of aromatic nitrogens is 1. The van der Waals surface area contributed by atoms with Gasteiger partial charge in [0.25, 0.3) is 5.69 Å². The zero-order valence-corrected chi connectivity index (χ0v) is 11.7. The van der Waals surface area contributed by atoms with Crippen LogP contribution in [0.15, 0.2) is 30.6 Å². The highest BCUT2D eigenvalue weighted by molar-refractivity contribution is 5.99. The van der Waals surface area contributed by atoms with Crippen molar-refractivity contribution in [2.24, 2.45) is 0 Å². The number of benzene rings is 1. The third-order valence-corrected chi connectivity index (χ3v) is 3.09. The molecule has 0 spiro atoms. The van der Waals surface area contributed by atoms with Crippen LogP contribution in [0.3, 0.4) is 0 Å². The maximum Gasteiger partial charge on any atom is 0.277 e. The third kappa shape index (κ3) is 3.21. The molecule has 6 nitrogen and oxygen atoms in total. The average molecular weight is 274 g/mol. The first-order valence-electron chi connectivity index (χ1n) is 6.49. The molecule has 2 aromatic rings. The molecule has 1 N–H and O–H groups in total. The number of nitro groups is 1. The van der Waals surface area contributed by atoms with Gasteiger partial charge in [0.05, 0.1) is 10.3 Å². The van der Waals surface area contributed by atoms with Crippen LogP contribution in [0, 0.1) is 10.1 Å². The summed E-state index contributed by atoms with van der Waals surface area (Å²) in [6, 6.07) is 4.97. The number of nitro benzene ring substituents is 1. The molecular weight excluding hydrogens is 256 g/mol. The van der Waals surface area contributed by atoms with Crippen LogP contribution in [0.25, 0.3) is 10.8 Å². The first-order chi connectivity index (χ1) is 9.59. The standard InChI is InChI=1S/C14H18N4O2/c1-17(2)9-3-7-16-13-4-5-14(18(19)20)11-6-8-15-10-12(11)13/h4-6,8,10,16H,3,7,9H2,1-2H3. The molecule has 106 valence electrons. The minimum Gasteiger partial charge on any atom is -0.384 e. The number of nitrogens with zero attached hydrogens (tertiary/aromatic N) is 3. The van der Waals surface area contributed by atoms with Crippen molar-refractivity contribution in [3.63, 3.8) is 0 Å². The lowest BCUT2D eigenvalue weighted by molar-refractivity contribution is -0.383. The minimum absolute atomic E-state index is 0.112. The number of pyridine rings is 1. The van der Waals surface area contributed by atoms with E-state index in [-0.39, 0.29) is 10.6 Å². The molecule has 0 saturated carbocycles. The summed E-state index contributed by atoms with van der Waals surface area (Å²) in [5, 5.41) is 15.7. The molecule has 0 aliphatic rings. The van der Waals surface area contributed by atoms with E-state index in [1.165, 1.54) is 6.07 Å². The van der Waals surface area contributed by atoms with E-state index in [0.717, 1.165) is 30.6 Å². The number of hydrogen-bond acceptors (Lipinski definition) is 5. The van der Waals surface area contributed by atoms with E-state index < -0.39 is 0 Å². The number of fused-ring (bicyclic) bond motifs is 1. The molecule has 0 saturated heterocycles. The monoisotopic (exact) mass is 274 g/mol. The quantitative estimate of drug-likeness (QED) is 0.498. The Labute approximate surface area is 117 Å². The van der Waals surface area contributed by atoms with Crippen molar-refractivity contribution < 1.29 is 4.92 Å². The van der Waals surface area contributed by atoms with Crippen molar-refractivity contribution in [1.29, 1.82) is 0 Å². The highest BCUT2D eigenvalue weighted by Gasteiger charge is 2.13. The second-order valence-corrected chi connectivity index (χ2v) is 4.89. The smallest absolute Gasteiger partial charge is 0.277 e. The number of rotatable bonds is 6. The molecule has 0 atom stereocenters. The number of non-ortho nitro benzene ring substituents is 1. The maximum absolute atomic E-state index is 11.0. The Balaban J connectivity index is 2.22.